The lowest BCUT2D eigenvalue weighted by molar-refractivity contribution is -0.127. The molecule has 0 atom stereocenters. The Kier molecular flexibility index (Phi) is 3.97. The zero-order chi connectivity index (χ0) is 13.0. The SMILES string of the molecule is CC(=O)CC(=O)NCc1ccc2c(c1)CCCO2. The Bertz CT molecular complexity index is 468. The van der Waals surface area contributed by atoms with Crippen LogP contribution in [0.1, 0.15) is 30.9 Å². The van der Waals surface area contributed by atoms with Crippen molar-refractivity contribution in [3.05, 3.63) is 29.3 Å². The van der Waals surface area contributed by atoms with Crippen LogP contribution in [0.3, 0.4) is 0 Å². The predicted molar refractivity (Wildman–Crippen MR) is 67.4 cm³/mol. The Labute approximate surface area is 106 Å². The molecule has 0 saturated carbocycles. The lowest BCUT2D eigenvalue weighted by Gasteiger charge is -2.18. The Hall–Kier alpha value is -1.84. The third-order valence-electron chi connectivity index (χ3n) is 2.87. The van der Waals surface area contributed by atoms with Gasteiger partial charge in [0.2, 0.25) is 5.91 Å². The van der Waals surface area contributed by atoms with E-state index in [-0.39, 0.29) is 18.1 Å². The fourth-order valence-corrected chi connectivity index (χ4v) is 2.01. The van der Waals surface area contributed by atoms with Gasteiger partial charge in [-0.1, -0.05) is 12.1 Å². The summed E-state index contributed by atoms with van der Waals surface area (Å²) in [6.45, 7) is 2.65. The molecule has 0 fully saturated rings. The molecule has 96 valence electrons. The van der Waals surface area contributed by atoms with Crippen LogP contribution in [0, 0.1) is 0 Å². The van der Waals surface area contributed by atoms with E-state index >= 15 is 0 Å². The summed E-state index contributed by atoms with van der Waals surface area (Å²) in [4.78, 5) is 22.1. The fraction of sp³-hybridized carbons (Fsp3) is 0.429. The van der Waals surface area contributed by atoms with Crippen molar-refractivity contribution in [3.8, 4) is 5.75 Å². The topological polar surface area (TPSA) is 55.4 Å². The summed E-state index contributed by atoms with van der Waals surface area (Å²) < 4.78 is 5.52. The number of ketones is 1. The first-order valence-corrected chi connectivity index (χ1v) is 6.16. The van der Waals surface area contributed by atoms with Gasteiger partial charge in [-0.15, -0.1) is 0 Å². The minimum atomic E-state index is -0.225. The quantitative estimate of drug-likeness (QED) is 0.822. The molecular weight excluding hydrogens is 230 g/mol. The number of fused-ring (bicyclic) bond motifs is 1. The highest BCUT2D eigenvalue weighted by atomic mass is 16.5. The van der Waals surface area contributed by atoms with Crippen LogP contribution in [0.15, 0.2) is 18.2 Å². The summed E-state index contributed by atoms with van der Waals surface area (Å²) in [5.74, 6) is 0.600. The number of rotatable bonds is 4. The first kappa shape index (κ1) is 12.6. The van der Waals surface area contributed by atoms with Crippen LogP contribution in [0.4, 0.5) is 0 Å². The molecule has 0 unspecified atom stereocenters. The molecule has 1 aromatic carbocycles. The van der Waals surface area contributed by atoms with Crippen LogP contribution in [-0.4, -0.2) is 18.3 Å². The van der Waals surface area contributed by atoms with Crippen LogP contribution >= 0.6 is 0 Å². The monoisotopic (exact) mass is 247 g/mol. The van der Waals surface area contributed by atoms with E-state index in [4.69, 9.17) is 4.74 Å². The Morgan fingerprint density at radius 2 is 2.22 bits per heavy atom. The Morgan fingerprint density at radius 3 is 3.00 bits per heavy atom. The molecule has 0 aliphatic carbocycles. The predicted octanol–water partition coefficient (Wildman–Crippen LogP) is 1.61. The van der Waals surface area contributed by atoms with Crippen molar-refractivity contribution in [1.82, 2.24) is 5.32 Å². The standard InChI is InChI=1S/C14H17NO3/c1-10(16)7-14(17)15-9-11-4-5-13-12(8-11)3-2-6-18-13/h4-5,8H,2-3,6-7,9H2,1H3,(H,15,17). The number of aryl methyl sites for hydroxylation is 1. The maximum atomic E-state index is 11.4. The van der Waals surface area contributed by atoms with Gasteiger partial charge in [-0.05, 0) is 37.0 Å². The van der Waals surface area contributed by atoms with Crippen molar-refractivity contribution < 1.29 is 14.3 Å². The van der Waals surface area contributed by atoms with Crippen molar-refractivity contribution in [2.24, 2.45) is 0 Å². The Morgan fingerprint density at radius 1 is 1.39 bits per heavy atom. The third kappa shape index (κ3) is 3.32. The van der Waals surface area contributed by atoms with Gasteiger partial charge in [0.25, 0.3) is 0 Å². The minimum Gasteiger partial charge on any atom is -0.493 e. The lowest BCUT2D eigenvalue weighted by Crippen LogP contribution is -2.24. The highest BCUT2D eigenvalue weighted by molar-refractivity contribution is 5.96. The van der Waals surface area contributed by atoms with Crippen LogP contribution < -0.4 is 10.1 Å². The molecule has 1 heterocycles. The van der Waals surface area contributed by atoms with Gasteiger partial charge in [0.05, 0.1) is 13.0 Å². The van der Waals surface area contributed by atoms with E-state index in [2.05, 4.69) is 11.4 Å². The number of Topliss-reactive ketones (excluding diaryl/α,β-unsaturated/α-hetero) is 1. The largest absolute Gasteiger partial charge is 0.493 e. The smallest absolute Gasteiger partial charge is 0.227 e. The van der Waals surface area contributed by atoms with Crippen LogP contribution in [-0.2, 0) is 22.6 Å². The first-order chi connectivity index (χ1) is 8.65. The van der Waals surface area contributed by atoms with Gasteiger partial charge in [0.1, 0.15) is 11.5 Å². The molecule has 0 aromatic heterocycles. The van der Waals surface area contributed by atoms with Crippen molar-refractivity contribution in [2.45, 2.75) is 32.7 Å². The molecule has 0 spiro atoms. The molecular formula is C14H17NO3. The van der Waals surface area contributed by atoms with Gasteiger partial charge >= 0.3 is 0 Å². The zero-order valence-electron chi connectivity index (χ0n) is 10.5. The first-order valence-electron chi connectivity index (χ1n) is 6.16. The fourth-order valence-electron chi connectivity index (χ4n) is 2.01. The van der Waals surface area contributed by atoms with Gasteiger partial charge in [-0.2, -0.15) is 0 Å². The normalized spacial score (nSPS) is 13.4. The third-order valence-corrected chi connectivity index (χ3v) is 2.87. The number of benzene rings is 1. The molecule has 4 heteroatoms. The van der Waals surface area contributed by atoms with Crippen LogP contribution in [0.2, 0.25) is 0 Å². The highest BCUT2D eigenvalue weighted by Crippen LogP contribution is 2.25. The van der Waals surface area contributed by atoms with E-state index < -0.39 is 0 Å². The summed E-state index contributed by atoms with van der Waals surface area (Å²) >= 11 is 0. The van der Waals surface area contributed by atoms with Gasteiger partial charge in [-0.25, -0.2) is 0 Å². The van der Waals surface area contributed by atoms with Gasteiger partial charge in [0.15, 0.2) is 0 Å². The van der Waals surface area contributed by atoms with E-state index in [1.807, 2.05) is 12.1 Å². The summed E-state index contributed by atoms with van der Waals surface area (Å²) in [6, 6.07) is 5.95. The lowest BCUT2D eigenvalue weighted by atomic mass is 10.0. The second-order valence-corrected chi connectivity index (χ2v) is 4.55. The number of amides is 1. The van der Waals surface area contributed by atoms with Crippen LogP contribution in [0.25, 0.3) is 0 Å². The zero-order valence-corrected chi connectivity index (χ0v) is 10.5. The molecule has 0 saturated heterocycles. The average Bonchev–Trinajstić information content (AvgIpc) is 2.35. The number of hydrogen-bond donors (Lipinski definition) is 1. The number of carbonyl (C=O) groups excluding carboxylic acids is 2. The molecule has 1 aliphatic rings. The van der Waals surface area contributed by atoms with Crippen molar-refractivity contribution in [3.63, 3.8) is 0 Å². The van der Waals surface area contributed by atoms with Crippen molar-refractivity contribution in [2.75, 3.05) is 6.61 Å². The number of nitrogens with one attached hydrogen (secondary N) is 1. The van der Waals surface area contributed by atoms with Crippen molar-refractivity contribution >= 4 is 11.7 Å². The summed E-state index contributed by atoms with van der Waals surface area (Å²) in [5.41, 5.74) is 2.23. The Balaban J connectivity index is 1.94. The molecule has 1 N–H and O–H groups in total. The van der Waals surface area contributed by atoms with E-state index in [0.29, 0.717) is 6.54 Å². The second kappa shape index (κ2) is 5.67. The van der Waals surface area contributed by atoms with E-state index in [0.717, 1.165) is 30.8 Å². The summed E-state index contributed by atoms with van der Waals surface area (Å²) in [5, 5.41) is 2.74. The van der Waals surface area contributed by atoms with Gasteiger partial charge in [0, 0.05) is 6.54 Å². The number of carbonyl (C=O) groups is 2. The molecule has 1 amide bonds. The highest BCUT2D eigenvalue weighted by Gasteiger charge is 2.11. The molecule has 18 heavy (non-hydrogen) atoms. The van der Waals surface area contributed by atoms with E-state index in [9.17, 15) is 9.59 Å². The van der Waals surface area contributed by atoms with Gasteiger partial charge < -0.3 is 10.1 Å². The summed E-state index contributed by atoms with van der Waals surface area (Å²) in [6.07, 6.45) is 2.01. The second-order valence-electron chi connectivity index (χ2n) is 4.55. The number of hydrogen-bond acceptors (Lipinski definition) is 3. The molecule has 1 aromatic rings. The number of ether oxygens (including phenoxy) is 1. The summed E-state index contributed by atoms with van der Waals surface area (Å²) in [7, 11) is 0. The maximum Gasteiger partial charge on any atom is 0.227 e. The molecule has 0 bridgehead atoms. The molecule has 2 rings (SSSR count). The van der Waals surface area contributed by atoms with Crippen molar-refractivity contribution in [1.29, 1.82) is 0 Å². The minimum absolute atomic E-state index is 0.0476. The van der Waals surface area contributed by atoms with Crippen LogP contribution in [0.5, 0.6) is 5.75 Å². The van der Waals surface area contributed by atoms with E-state index in [1.165, 1.54) is 12.5 Å². The molecule has 1 aliphatic heterocycles. The maximum absolute atomic E-state index is 11.4. The molecule has 0 radical (unpaired) electrons. The average molecular weight is 247 g/mol. The van der Waals surface area contributed by atoms with E-state index in [1.54, 1.807) is 0 Å². The van der Waals surface area contributed by atoms with Gasteiger partial charge in [-0.3, -0.25) is 9.59 Å². The molecule has 4 nitrogen and oxygen atoms in total.